The van der Waals surface area contributed by atoms with Crippen molar-refractivity contribution >= 4 is 39.5 Å². The smallest absolute Gasteiger partial charge is 0.405 e. The summed E-state index contributed by atoms with van der Waals surface area (Å²) in [5.74, 6) is -2.01. The van der Waals surface area contributed by atoms with Crippen molar-refractivity contribution in [1.29, 1.82) is 0 Å². The topological polar surface area (TPSA) is 111 Å². The number of amides is 3. The molecule has 0 saturated heterocycles. The lowest BCUT2D eigenvalue weighted by molar-refractivity contribution is -0.125. The molecule has 0 fully saturated rings. The summed E-state index contributed by atoms with van der Waals surface area (Å²) < 4.78 is 40.7. The Hall–Kier alpha value is -2.30. The van der Waals surface area contributed by atoms with E-state index in [-0.39, 0.29) is 11.3 Å². The van der Waals surface area contributed by atoms with Crippen molar-refractivity contribution in [2.75, 3.05) is 18.9 Å². The van der Waals surface area contributed by atoms with Gasteiger partial charge >= 0.3 is 18.2 Å². The molecule has 0 bridgehead atoms. The number of imide groups is 1. The summed E-state index contributed by atoms with van der Waals surface area (Å²) in [5.41, 5.74) is 5.67. The number of nitrogens with two attached hydrogens (primary N) is 1. The summed E-state index contributed by atoms with van der Waals surface area (Å²) in [6, 6.07) is 3.03. The molecule has 0 saturated carbocycles. The van der Waals surface area contributed by atoms with Crippen molar-refractivity contribution in [2.45, 2.75) is 6.18 Å². The van der Waals surface area contributed by atoms with Gasteiger partial charge in [0.15, 0.2) is 6.61 Å². The molecule has 0 aliphatic rings. The van der Waals surface area contributed by atoms with Crippen LogP contribution in [0, 0.1) is 0 Å². The van der Waals surface area contributed by atoms with Crippen molar-refractivity contribution in [3.8, 4) is 0 Å². The molecule has 0 aromatic heterocycles. The Bertz CT molecular complexity index is 622. The van der Waals surface area contributed by atoms with Crippen molar-refractivity contribution in [3.05, 3.63) is 28.2 Å². The Balaban J connectivity index is 2.45. The number of rotatable bonds is 4. The molecule has 0 aliphatic heterocycles. The summed E-state index contributed by atoms with van der Waals surface area (Å²) >= 11 is 3.12. The first-order valence-electron chi connectivity index (χ1n) is 5.95. The van der Waals surface area contributed by atoms with Crippen molar-refractivity contribution in [3.63, 3.8) is 0 Å². The minimum atomic E-state index is -4.61. The van der Waals surface area contributed by atoms with Gasteiger partial charge < -0.3 is 15.8 Å². The molecule has 1 rings (SSSR count). The highest BCUT2D eigenvalue weighted by Gasteiger charge is 2.28. The van der Waals surface area contributed by atoms with Crippen LogP contribution >= 0.6 is 15.9 Å². The second-order valence-corrected chi connectivity index (χ2v) is 5.07. The van der Waals surface area contributed by atoms with Crippen molar-refractivity contribution in [2.24, 2.45) is 0 Å². The van der Waals surface area contributed by atoms with Gasteiger partial charge in [0.1, 0.15) is 6.54 Å². The number of benzene rings is 1. The fraction of sp³-hybridized carbons (Fsp3) is 0.250. The molecule has 0 aliphatic carbocycles. The maximum atomic E-state index is 11.9. The largest absolute Gasteiger partial charge is 0.452 e. The molecule has 0 radical (unpaired) electrons. The van der Waals surface area contributed by atoms with Crippen LogP contribution in [0.2, 0.25) is 0 Å². The van der Waals surface area contributed by atoms with Crippen LogP contribution in [0.25, 0.3) is 0 Å². The summed E-state index contributed by atoms with van der Waals surface area (Å²) in [6.45, 7) is -2.45. The van der Waals surface area contributed by atoms with E-state index in [0.717, 1.165) is 0 Å². The third kappa shape index (κ3) is 7.00. The zero-order valence-corrected chi connectivity index (χ0v) is 13.0. The van der Waals surface area contributed by atoms with E-state index in [0.29, 0.717) is 4.47 Å². The standard InChI is InChI=1S/C12H11BrF3N3O4/c13-6-1-2-8(17)7(3-6)10(21)23-4-9(20)19-11(22)18-5-12(14,15)16/h1-3H,4-5,17H2,(H2,18,19,20,22). The minimum absolute atomic E-state index is 0.00584. The van der Waals surface area contributed by atoms with E-state index in [9.17, 15) is 27.6 Å². The molecule has 7 nitrogen and oxygen atoms in total. The van der Waals surface area contributed by atoms with E-state index in [1.807, 2.05) is 0 Å². The van der Waals surface area contributed by atoms with Crippen LogP contribution in [0.1, 0.15) is 10.4 Å². The normalized spacial score (nSPS) is 10.8. The monoisotopic (exact) mass is 397 g/mol. The molecule has 1 aromatic carbocycles. The molecule has 3 amide bonds. The molecule has 1 aromatic rings. The van der Waals surface area contributed by atoms with Gasteiger partial charge in [-0.3, -0.25) is 10.1 Å². The summed E-state index contributed by atoms with van der Waals surface area (Å²) in [7, 11) is 0. The predicted molar refractivity (Wildman–Crippen MR) is 76.4 cm³/mol. The molecular weight excluding hydrogens is 387 g/mol. The van der Waals surface area contributed by atoms with Crippen LogP contribution in [0.15, 0.2) is 22.7 Å². The number of nitrogen functional groups attached to an aromatic ring is 1. The molecule has 126 valence electrons. The molecule has 0 spiro atoms. The van der Waals surface area contributed by atoms with Gasteiger partial charge in [0.25, 0.3) is 5.91 Å². The van der Waals surface area contributed by atoms with E-state index in [1.54, 1.807) is 11.4 Å². The second kappa shape index (κ2) is 7.81. The van der Waals surface area contributed by atoms with Crippen LogP contribution in [-0.4, -0.2) is 37.2 Å². The summed E-state index contributed by atoms with van der Waals surface area (Å²) in [6.07, 6.45) is -4.61. The quantitative estimate of drug-likeness (QED) is 0.527. The van der Waals surface area contributed by atoms with Gasteiger partial charge in [0, 0.05) is 10.2 Å². The number of carbonyl (C=O) groups excluding carboxylic acids is 3. The number of halogens is 4. The first-order valence-corrected chi connectivity index (χ1v) is 6.74. The van der Waals surface area contributed by atoms with E-state index in [1.165, 1.54) is 17.4 Å². The zero-order chi connectivity index (χ0) is 17.6. The molecular formula is C12H11BrF3N3O4. The number of nitrogens with one attached hydrogen (secondary N) is 2. The molecule has 4 N–H and O–H groups in total. The Morgan fingerprint density at radius 1 is 1.26 bits per heavy atom. The number of urea groups is 1. The van der Waals surface area contributed by atoms with Gasteiger partial charge in [-0.15, -0.1) is 0 Å². The van der Waals surface area contributed by atoms with Crippen molar-refractivity contribution in [1.82, 2.24) is 10.6 Å². The average Bonchev–Trinajstić information content (AvgIpc) is 2.44. The second-order valence-electron chi connectivity index (χ2n) is 4.15. The number of hydrogen-bond donors (Lipinski definition) is 3. The zero-order valence-electron chi connectivity index (χ0n) is 11.4. The van der Waals surface area contributed by atoms with Gasteiger partial charge in [-0.05, 0) is 18.2 Å². The van der Waals surface area contributed by atoms with E-state index < -0.39 is 37.2 Å². The number of anilines is 1. The predicted octanol–water partition coefficient (Wildman–Crippen LogP) is 1.58. The Morgan fingerprint density at radius 2 is 1.91 bits per heavy atom. The molecule has 23 heavy (non-hydrogen) atoms. The number of carbonyl (C=O) groups is 3. The number of hydrogen-bond acceptors (Lipinski definition) is 5. The molecule has 0 heterocycles. The first kappa shape index (κ1) is 18.7. The van der Waals surface area contributed by atoms with Crippen LogP contribution in [-0.2, 0) is 9.53 Å². The first-order chi connectivity index (χ1) is 10.6. The fourth-order valence-electron chi connectivity index (χ4n) is 1.30. The lowest BCUT2D eigenvalue weighted by Crippen LogP contribution is -2.44. The number of esters is 1. The minimum Gasteiger partial charge on any atom is -0.452 e. The van der Waals surface area contributed by atoms with E-state index >= 15 is 0 Å². The van der Waals surface area contributed by atoms with Crippen LogP contribution in [0.5, 0.6) is 0 Å². The SMILES string of the molecule is Nc1ccc(Br)cc1C(=O)OCC(=O)NC(=O)NCC(F)(F)F. The van der Waals surface area contributed by atoms with Crippen molar-refractivity contribution < 1.29 is 32.3 Å². The number of alkyl halides is 3. The van der Waals surface area contributed by atoms with Gasteiger partial charge in [-0.25, -0.2) is 9.59 Å². The number of ether oxygens (including phenoxy) is 1. The van der Waals surface area contributed by atoms with Gasteiger partial charge in [0.05, 0.1) is 5.56 Å². The summed E-state index contributed by atoms with van der Waals surface area (Å²) in [5, 5.41) is 3.01. The molecule has 11 heteroatoms. The molecule has 0 atom stereocenters. The van der Waals surface area contributed by atoms with Crippen LogP contribution in [0.3, 0.4) is 0 Å². The Labute approximate surface area is 136 Å². The van der Waals surface area contributed by atoms with E-state index in [4.69, 9.17) is 5.73 Å². The average molecular weight is 398 g/mol. The Kier molecular flexibility index (Phi) is 6.37. The highest BCUT2D eigenvalue weighted by atomic mass is 79.9. The van der Waals surface area contributed by atoms with Gasteiger partial charge in [-0.2, -0.15) is 13.2 Å². The lowest BCUT2D eigenvalue weighted by Gasteiger charge is -2.10. The lowest BCUT2D eigenvalue weighted by atomic mass is 10.2. The summed E-state index contributed by atoms with van der Waals surface area (Å²) in [4.78, 5) is 34.0. The maximum Gasteiger partial charge on any atom is 0.405 e. The van der Waals surface area contributed by atoms with Gasteiger partial charge in [-0.1, -0.05) is 15.9 Å². The third-order valence-electron chi connectivity index (χ3n) is 2.27. The molecule has 0 unspecified atom stereocenters. The third-order valence-corrected chi connectivity index (χ3v) is 2.77. The van der Waals surface area contributed by atoms with Crippen LogP contribution < -0.4 is 16.4 Å². The fourth-order valence-corrected chi connectivity index (χ4v) is 1.66. The van der Waals surface area contributed by atoms with Gasteiger partial charge in [0.2, 0.25) is 0 Å². The highest BCUT2D eigenvalue weighted by molar-refractivity contribution is 9.10. The Morgan fingerprint density at radius 3 is 2.52 bits per heavy atom. The maximum absolute atomic E-state index is 11.9. The van der Waals surface area contributed by atoms with E-state index in [2.05, 4.69) is 20.7 Å². The highest BCUT2D eigenvalue weighted by Crippen LogP contribution is 2.19. The van der Waals surface area contributed by atoms with Crippen LogP contribution in [0.4, 0.5) is 23.7 Å².